The molecule has 0 atom stereocenters. The number of carbonyl (C=O) groups is 2. The summed E-state index contributed by atoms with van der Waals surface area (Å²) in [6.45, 7) is 10.2. The molecule has 0 aliphatic rings. The fourth-order valence-corrected chi connectivity index (χ4v) is 5.45. The van der Waals surface area contributed by atoms with Crippen LogP contribution in [0, 0.1) is 10.8 Å². The molecule has 0 aromatic heterocycles. The van der Waals surface area contributed by atoms with Gasteiger partial charge in [0.15, 0.2) is 0 Å². The third-order valence-electron chi connectivity index (χ3n) is 2.94. The summed E-state index contributed by atoms with van der Waals surface area (Å²) in [5, 5.41) is 0. The van der Waals surface area contributed by atoms with Crippen LogP contribution >= 0.6 is 0 Å². The Morgan fingerprint density at radius 2 is 1.00 bits per heavy atom. The molecule has 10 nitrogen and oxygen atoms in total. The van der Waals surface area contributed by atoms with Crippen LogP contribution in [0.5, 0.6) is 0 Å². The number of hydrogen-bond donors (Lipinski definition) is 2. The summed E-state index contributed by atoms with van der Waals surface area (Å²) in [4.78, 5) is 23.0. The Hall–Kier alpha value is -1.50. The second-order valence-corrected chi connectivity index (χ2v) is 12.7. The van der Waals surface area contributed by atoms with E-state index in [0.29, 0.717) is 0 Å². The van der Waals surface area contributed by atoms with E-state index in [2.05, 4.69) is 9.44 Å². The monoisotopic (exact) mass is 470 g/mol. The van der Waals surface area contributed by atoms with E-state index in [4.69, 9.17) is 9.47 Å². The van der Waals surface area contributed by atoms with E-state index in [-0.39, 0.29) is 37.8 Å². The fourth-order valence-electron chi connectivity index (χ4n) is 2.17. The minimum absolute atomic E-state index is 0.0634. The van der Waals surface area contributed by atoms with Gasteiger partial charge in [0, 0.05) is 25.2 Å². The summed E-state index contributed by atoms with van der Waals surface area (Å²) in [6, 6.07) is 0. The number of sulfonamides is 2. The SMILES string of the molecule is CC(C)(C)CS(=O)(=O)NCCOC(=O)/C=C/C(=O)OCCNS(=O)(=O)CC(C)(C)C. The molecular formula is C18H34N2O8S2. The van der Waals surface area contributed by atoms with Gasteiger partial charge in [0.1, 0.15) is 13.2 Å². The van der Waals surface area contributed by atoms with E-state index in [1.54, 1.807) is 41.5 Å². The number of nitrogens with one attached hydrogen (secondary N) is 2. The summed E-state index contributed by atoms with van der Waals surface area (Å²) in [7, 11) is -6.96. The molecule has 0 saturated heterocycles. The van der Waals surface area contributed by atoms with Crippen molar-refractivity contribution < 1.29 is 35.9 Å². The third kappa shape index (κ3) is 17.4. The zero-order chi connectivity index (χ0) is 23.6. The predicted octanol–water partition coefficient (Wildman–Crippen LogP) is 0.560. The largest absolute Gasteiger partial charge is 0.461 e. The van der Waals surface area contributed by atoms with E-state index >= 15 is 0 Å². The molecule has 0 spiro atoms. The van der Waals surface area contributed by atoms with Crippen molar-refractivity contribution in [3.63, 3.8) is 0 Å². The summed E-state index contributed by atoms with van der Waals surface area (Å²) in [5.74, 6) is -1.81. The van der Waals surface area contributed by atoms with Gasteiger partial charge in [-0.05, 0) is 10.8 Å². The molecule has 0 amide bonds. The standard InChI is InChI=1S/C18H34N2O8S2/c1-17(2,3)13-29(23,24)19-9-11-27-15(21)7-8-16(22)28-12-10-20-30(25,26)14-18(4,5)6/h7-8,19-20H,9-14H2,1-6H3/b8-7+. The van der Waals surface area contributed by atoms with Gasteiger partial charge in [-0.25, -0.2) is 35.9 Å². The van der Waals surface area contributed by atoms with Crippen LogP contribution in [0.25, 0.3) is 0 Å². The Morgan fingerprint density at radius 1 is 0.700 bits per heavy atom. The molecule has 30 heavy (non-hydrogen) atoms. The van der Waals surface area contributed by atoms with Crippen molar-refractivity contribution in [3.05, 3.63) is 12.2 Å². The Balaban J connectivity index is 4.11. The minimum atomic E-state index is -3.48. The summed E-state index contributed by atoms with van der Waals surface area (Å²) >= 11 is 0. The first-order valence-corrected chi connectivity index (χ1v) is 12.7. The molecule has 0 radical (unpaired) electrons. The van der Waals surface area contributed by atoms with Crippen LogP contribution in [0.15, 0.2) is 12.2 Å². The van der Waals surface area contributed by atoms with Gasteiger partial charge < -0.3 is 9.47 Å². The Bertz CT molecular complexity index is 736. The molecule has 0 saturated carbocycles. The van der Waals surface area contributed by atoms with Gasteiger partial charge in [-0.1, -0.05) is 41.5 Å². The van der Waals surface area contributed by atoms with Gasteiger partial charge in [0.2, 0.25) is 20.0 Å². The van der Waals surface area contributed by atoms with Crippen molar-refractivity contribution in [2.24, 2.45) is 10.8 Å². The van der Waals surface area contributed by atoms with E-state index < -0.39 is 42.8 Å². The van der Waals surface area contributed by atoms with Crippen LogP contribution in [-0.2, 0) is 39.1 Å². The van der Waals surface area contributed by atoms with Crippen LogP contribution in [0.2, 0.25) is 0 Å². The van der Waals surface area contributed by atoms with Crippen LogP contribution in [0.4, 0.5) is 0 Å². The van der Waals surface area contributed by atoms with Gasteiger partial charge in [-0.2, -0.15) is 0 Å². The maximum atomic E-state index is 11.8. The highest BCUT2D eigenvalue weighted by Crippen LogP contribution is 2.15. The van der Waals surface area contributed by atoms with E-state index in [1.807, 2.05) is 0 Å². The lowest BCUT2D eigenvalue weighted by Gasteiger charge is -2.18. The lowest BCUT2D eigenvalue weighted by molar-refractivity contribution is -0.140. The van der Waals surface area contributed by atoms with E-state index in [1.165, 1.54) is 0 Å². The van der Waals surface area contributed by atoms with Gasteiger partial charge >= 0.3 is 11.9 Å². The van der Waals surface area contributed by atoms with Crippen molar-refractivity contribution in [1.82, 2.24) is 9.44 Å². The van der Waals surface area contributed by atoms with Crippen LogP contribution < -0.4 is 9.44 Å². The molecule has 0 fully saturated rings. The van der Waals surface area contributed by atoms with Gasteiger partial charge in [-0.15, -0.1) is 0 Å². The van der Waals surface area contributed by atoms with Gasteiger partial charge in [0.25, 0.3) is 0 Å². The number of carbonyl (C=O) groups excluding carboxylic acids is 2. The quantitative estimate of drug-likeness (QED) is 0.239. The highest BCUT2D eigenvalue weighted by Gasteiger charge is 2.21. The lowest BCUT2D eigenvalue weighted by Crippen LogP contribution is -2.34. The molecule has 0 rings (SSSR count). The minimum Gasteiger partial charge on any atom is -0.461 e. The van der Waals surface area contributed by atoms with E-state index in [9.17, 15) is 26.4 Å². The van der Waals surface area contributed by atoms with Crippen molar-refractivity contribution in [2.75, 3.05) is 37.8 Å². The van der Waals surface area contributed by atoms with E-state index in [0.717, 1.165) is 12.2 Å². The van der Waals surface area contributed by atoms with Crippen LogP contribution in [0.3, 0.4) is 0 Å². The average molecular weight is 471 g/mol. The molecule has 176 valence electrons. The fraction of sp³-hybridized carbons (Fsp3) is 0.778. The molecule has 0 aliphatic heterocycles. The van der Waals surface area contributed by atoms with Crippen molar-refractivity contribution >= 4 is 32.0 Å². The topological polar surface area (TPSA) is 145 Å². The van der Waals surface area contributed by atoms with Crippen LogP contribution in [0.1, 0.15) is 41.5 Å². The number of rotatable bonds is 12. The average Bonchev–Trinajstić information content (AvgIpc) is 2.49. The van der Waals surface area contributed by atoms with Gasteiger partial charge in [-0.3, -0.25) is 0 Å². The summed E-state index contributed by atoms with van der Waals surface area (Å²) in [6.07, 6.45) is 1.69. The Morgan fingerprint density at radius 3 is 1.27 bits per heavy atom. The summed E-state index contributed by atoms with van der Waals surface area (Å²) < 4.78 is 61.4. The molecule has 0 aliphatic carbocycles. The highest BCUT2D eigenvalue weighted by atomic mass is 32.2. The molecular weight excluding hydrogens is 436 g/mol. The number of hydrogen-bond acceptors (Lipinski definition) is 8. The maximum absolute atomic E-state index is 11.8. The first-order valence-electron chi connectivity index (χ1n) is 9.37. The molecule has 0 aromatic rings. The second kappa shape index (κ2) is 11.8. The molecule has 2 N–H and O–H groups in total. The van der Waals surface area contributed by atoms with Crippen molar-refractivity contribution in [3.8, 4) is 0 Å². The maximum Gasteiger partial charge on any atom is 0.331 e. The van der Waals surface area contributed by atoms with Gasteiger partial charge in [0.05, 0.1) is 11.5 Å². The molecule has 12 heteroatoms. The first kappa shape index (κ1) is 28.5. The molecule has 0 unspecified atom stereocenters. The smallest absolute Gasteiger partial charge is 0.331 e. The molecule has 0 aromatic carbocycles. The second-order valence-electron chi connectivity index (χ2n) is 9.10. The molecule has 0 bridgehead atoms. The third-order valence-corrected chi connectivity index (χ3v) is 6.72. The lowest BCUT2D eigenvalue weighted by atomic mass is 10.0. The van der Waals surface area contributed by atoms with Crippen LogP contribution in [-0.4, -0.2) is 66.6 Å². The Kier molecular flexibility index (Phi) is 11.2. The number of esters is 2. The van der Waals surface area contributed by atoms with Crippen molar-refractivity contribution in [1.29, 1.82) is 0 Å². The molecule has 0 heterocycles. The summed E-state index contributed by atoms with van der Waals surface area (Å²) in [5.41, 5.74) is -0.810. The zero-order valence-corrected chi connectivity index (χ0v) is 20.1. The zero-order valence-electron chi connectivity index (χ0n) is 18.5. The normalized spacial score (nSPS) is 13.4. The first-order chi connectivity index (χ1) is 13.4. The highest BCUT2D eigenvalue weighted by molar-refractivity contribution is 7.89. The van der Waals surface area contributed by atoms with Crippen molar-refractivity contribution in [2.45, 2.75) is 41.5 Å². The Labute approximate surface area is 179 Å². The number of ether oxygens (including phenoxy) is 2. The predicted molar refractivity (Wildman–Crippen MR) is 114 cm³/mol.